The molecule has 0 aliphatic heterocycles. The number of ketones is 2. The SMILES string of the molecule is CC(=O)C(N=Nc1ccc(Cl)c(C(=O)Nc2cccc(C(C)Cl)c2)c1)C(=O)Nc1ccc(NC(=O)C(N=Nc2ccc(Cl)c(C(=O)Nc3cccc(C(C)Cl)c3)c2)C(C)=O)c(CCCl)c1. The average Bonchev–Trinajstić information content (AvgIpc) is 3.25. The second-order valence-electron chi connectivity index (χ2n) is 14.5. The summed E-state index contributed by atoms with van der Waals surface area (Å²) in [6.45, 7) is 5.96. The van der Waals surface area contributed by atoms with Gasteiger partial charge in [0, 0.05) is 28.6 Å². The van der Waals surface area contributed by atoms with Crippen LogP contribution in [0, 0.1) is 0 Å². The van der Waals surface area contributed by atoms with Crippen LogP contribution in [0.5, 0.6) is 0 Å². The van der Waals surface area contributed by atoms with E-state index in [4.69, 9.17) is 58.0 Å². The number of nitrogens with one attached hydrogen (secondary N) is 4. The molecular formula is C46H41Cl5N8O6. The first-order chi connectivity index (χ1) is 30.9. The monoisotopic (exact) mass is 976 g/mol. The van der Waals surface area contributed by atoms with Crippen LogP contribution in [0.1, 0.15) is 75.9 Å². The fraction of sp³-hybridized carbons (Fsp3) is 0.217. The molecule has 4 N–H and O–H groups in total. The summed E-state index contributed by atoms with van der Waals surface area (Å²) in [4.78, 5) is 78.4. The molecule has 0 fully saturated rings. The highest BCUT2D eigenvalue weighted by molar-refractivity contribution is 6.35. The number of hydrogen-bond acceptors (Lipinski definition) is 10. The fourth-order valence-corrected chi connectivity index (χ4v) is 6.90. The molecule has 0 heterocycles. The van der Waals surface area contributed by atoms with Crippen LogP contribution in [0.3, 0.4) is 0 Å². The first-order valence-electron chi connectivity index (χ1n) is 19.8. The highest BCUT2D eigenvalue weighted by Gasteiger charge is 2.26. The molecule has 4 amide bonds. The van der Waals surface area contributed by atoms with Crippen molar-refractivity contribution in [2.24, 2.45) is 20.5 Å². The molecule has 336 valence electrons. The zero-order valence-corrected chi connectivity index (χ0v) is 38.9. The standard InChI is InChI=1S/C46H41Cl5N8O6/c1-24(48)28-7-5-9-31(19-28)52-43(62)36-22-34(11-14-38(36)50)56-58-41(26(3)60)45(64)54-33-13-16-40(30(21-33)17-18-47)55-46(65)42(27(4)61)59-57-35-12-15-39(51)37(23-35)44(63)53-32-10-6-8-29(20-32)25(2)49/h5-16,19-25,41-42H,17-18H2,1-4H3,(H,52,62)(H,53,63)(H,54,64)(H,55,65). The van der Waals surface area contributed by atoms with Gasteiger partial charge in [0.1, 0.15) is 0 Å². The van der Waals surface area contributed by atoms with Crippen molar-refractivity contribution in [1.82, 2.24) is 0 Å². The largest absolute Gasteiger partial charge is 0.324 e. The van der Waals surface area contributed by atoms with E-state index in [2.05, 4.69) is 41.7 Å². The Morgan fingerprint density at radius 1 is 0.554 bits per heavy atom. The zero-order valence-electron chi connectivity index (χ0n) is 35.2. The molecule has 0 radical (unpaired) electrons. The zero-order chi connectivity index (χ0) is 47.4. The molecule has 5 rings (SSSR count). The van der Waals surface area contributed by atoms with Gasteiger partial charge in [0.2, 0.25) is 12.1 Å². The summed E-state index contributed by atoms with van der Waals surface area (Å²) in [5.41, 5.74) is 4.02. The van der Waals surface area contributed by atoms with Gasteiger partial charge in [0.15, 0.2) is 11.6 Å². The number of alkyl halides is 3. The number of hydrogen-bond donors (Lipinski definition) is 4. The Morgan fingerprint density at radius 3 is 1.43 bits per heavy atom. The van der Waals surface area contributed by atoms with Crippen LogP contribution in [0.25, 0.3) is 0 Å². The van der Waals surface area contributed by atoms with Crippen molar-refractivity contribution in [2.45, 2.75) is 57.0 Å². The van der Waals surface area contributed by atoms with Crippen molar-refractivity contribution in [3.05, 3.63) is 141 Å². The lowest BCUT2D eigenvalue weighted by molar-refractivity contribution is -0.127. The van der Waals surface area contributed by atoms with Crippen LogP contribution in [0.4, 0.5) is 34.1 Å². The van der Waals surface area contributed by atoms with Gasteiger partial charge in [-0.3, -0.25) is 28.8 Å². The molecule has 0 bridgehead atoms. The Bertz CT molecular complexity index is 2690. The molecule has 0 saturated heterocycles. The third-order valence-corrected chi connectivity index (χ3v) is 10.8. The average molecular weight is 979 g/mol. The van der Waals surface area contributed by atoms with Gasteiger partial charge in [-0.25, -0.2) is 0 Å². The van der Waals surface area contributed by atoms with E-state index in [1.165, 1.54) is 68.4 Å². The topological polar surface area (TPSA) is 200 Å². The summed E-state index contributed by atoms with van der Waals surface area (Å²) in [6, 6.07) is 23.9. The highest BCUT2D eigenvalue weighted by Crippen LogP contribution is 2.29. The molecule has 0 spiro atoms. The summed E-state index contributed by atoms with van der Waals surface area (Å²) in [6.07, 6.45) is 0.220. The second kappa shape index (κ2) is 23.2. The van der Waals surface area contributed by atoms with E-state index in [0.29, 0.717) is 16.9 Å². The van der Waals surface area contributed by atoms with Crippen molar-refractivity contribution < 1.29 is 28.8 Å². The summed E-state index contributed by atoms with van der Waals surface area (Å²) >= 11 is 31.1. The first kappa shape index (κ1) is 50.0. The Morgan fingerprint density at radius 2 is 1.00 bits per heavy atom. The molecule has 0 aromatic heterocycles. The number of anilines is 4. The minimum atomic E-state index is -1.59. The van der Waals surface area contributed by atoms with E-state index in [0.717, 1.165) is 11.1 Å². The number of halogens is 5. The van der Waals surface area contributed by atoms with Crippen LogP contribution in [-0.2, 0) is 25.6 Å². The Kier molecular flexibility index (Phi) is 17.9. The maximum Gasteiger partial charge on any atom is 0.258 e. The van der Waals surface area contributed by atoms with Gasteiger partial charge in [0.25, 0.3) is 23.6 Å². The molecule has 0 saturated carbocycles. The normalized spacial score (nSPS) is 13.1. The lowest BCUT2D eigenvalue weighted by Crippen LogP contribution is -2.32. The lowest BCUT2D eigenvalue weighted by Gasteiger charge is -2.15. The maximum absolute atomic E-state index is 13.5. The minimum absolute atomic E-state index is 0.0737. The van der Waals surface area contributed by atoms with E-state index in [1.54, 1.807) is 50.2 Å². The van der Waals surface area contributed by atoms with E-state index >= 15 is 0 Å². The van der Waals surface area contributed by atoms with Gasteiger partial charge in [-0.2, -0.15) is 20.5 Å². The van der Waals surface area contributed by atoms with E-state index in [-0.39, 0.29) is 67.0 Å². The fourth-order valence-electron chi connectivity index (χ4n) is 6.02. The number of benzene rings is 5. The number of rotatable bonds is 18. The van der Waals surface area contributed by atoms with Gasteiger partial charge in [-0.1, -0.05) is 47.5 Å². The van der Waals surface area contributed by atoms with Crippen molar-refractivity contribution in [3.8, 4) is 0 Å². The molecule has 4 atom stereocenters. The third kappa shape index (κ3) is 14.0. The van der Waals surface area contributed by atoms with Gasteiger partial charge >= 0.3 is 0 Å². The number of Topliss-reactive ketones (excluding diaryl/α,β-unsaturated/α-hetero) is 2. The van der Waals surface area contributed by atoms with Crippen LogP contribution in [0.2, 0.25) is 10.0 Å². The molecule has 65 heavy (non-hydrogen) atoms. The quantitative estimate of drug-likeness (QED) is 0.0382. The van der Waals surface area contributed by atoms with Gasteiger partial charge < -0.3 is 21.3 Å². The molecule has 19 heteroatoms. The van der Waals surface area contributed by atoms with E-state index in [9.17, 15) is 28.8 Å². The molecule has 4 unspecified atom stereocenters. The number of azo groups is 2. The predicted octanol–water partition coefficient (Wildman–Crippen LogP) is 12.2. The van der Waals surface area contributed by atoms with Crippen molar-refractivity contribution in [2.75, 3.05) is 27.1 Å². The van der Waals surface area contributed by atoms with E-state index < -0.39 is 47.3 Å². The van der Waals surface area contributed by atoms with Crippen LogP contribution >= 0.6 is 58.0 Å². The summed E-state index contributed by atoms with van der Waals surface area (Å²) in [7, 11) is 0. The maximum atomic E-state index is 13.5. The Labute approximate surface area is 399 Å². The predicted molar refractivity (Wildman–Crippen MR) is 256 cm³/mol. The third-order valence-electron chi connectivity index (χ3n) is 9.44. The molecule has 14 nitrogen and oxygen atoms in total. The molecular weight excluding hydrogens is 938 g/mol. The first-order valence-corrected chi connectivity index (χ1v) is 21.9. The summed E-state index contributed by atoms with van der Waals surface area (Å²) in [5.74, 6) is -3.83. The van der Waals surface area contributed by atoms with Gasteiger partial charge in [-0.15, -0.1) is 34.8 Å². The summed E-state index contributed by atoms with van der Waals surface area (Å²) in [5, 5.41) is 26.7. The molecule has 5 aromatic rings. The second-order valence-corrected chi connectivity index (χ2v) is 17.0. The minimum Gasteiger partial charge on any atom is -0.324 e. The number of aryl methyl sites for hydroxylation is 1. The van der Waals surface area contributed by atoms with Gasteiger partial charge in [-0.05, 0) is 130 Å². The van der Waals surface area contributed by atoms with Crippen molar-refractivity contribution in [1.29, 1.82) is 0 Å². The molecule has 0 aliphatic carbocycles. The van der Waals surface area contributed by atoms with Crippen LogP contribution < -0.4 is 21.3 Å². The lowest BCUT2D eigenvalue weighted by atomic mass is 10.1. The van der Waals surface area contributed by atoms with E-state index in [1.807, 2.05) is 12.1 Å². The number of amides is 4. The Balaban J connectivity index is 1.27. The molecule has 0 aliphatic rings. The van der Waals surface area contributed by atoms with Crippen molar-refractivity contribution >= 4 is 127 Å². The Hall–Kier alpha value is -6.03. The smallest absolute Gasteiger partial charge is 0.258 e. The van der Waals surface area contributed by atoms with Crippen molar-refractivity contribution in [3.63, 3.8) is 0 Å². The summed E-state index contributed by atoms with van der Waals surface area (Å²) < 4.78 is 0. The van der Waals surface area contributed by atoms with Crippen LogP contribution in [-0.4, -0.2) is 53.2 Å². The van der Waals surface area contributed by atoms with Crippen LogP contribution in [0.15, 0.2) is 124 Å². The number of nitrogens with zero attached hydrogens (tertiary/aromatic N) is 4. The number of carbonyl (C=O) groups is 6. The number of carbonyl (C=O) groups excluding carboxylic acids is 6. The molecule has 5 aromatic carbocycles. The van der Waals surface area contributed by atoms with Gasteiger partial charge in [0.05, 0.1) is 43.3 Å². The highest BCUT2D eigenvalue weighted by atomic mass is 35.5.